The van der Waals surface area contributed by atoms with Gasteiger partial charge in [0, 0.05) is 17.3 Å². The van der Waals surface area contributed by atoms with E-state index in [-0.39, 0.29) is 5.41 Å². The number of nitrogens with zero attached hydrogens (tertiary/aromatic N) is 1. The molecule has 1 heterocycles. The summed E-state index contributed by atoms with van der Waals surface area (Å²) in [5.74, 6) is 0. The Morgan fingerprint density at radius 2 is 1.72 bits per heavy atom. The predicted octanol–water partition coefficient (Wildman–Crippen LogP) is 5.14. The number of aromatic nitrogens is 2. The fourth-order valence-corrected chi connectivity index (χ4v) is 2.66. The molecule has 1 aromatic heterocycles. The highest BCUT2D eigenvalue weighted by Gasteiger charge is 2.22. The molecule has 0 fully saturated rings. The van der Waals surface area contributed by atoms with E-state index in [1.807, 2.05) is 29.0 Å². The van der Waals surface area contributed by atoms with Gasteiger partial charge < -0.3 is 4.98 Å². The normalized spacial score (nSPS) is 11.8. The SMILES string of the molecule is CC(C)(C)c1c[nH]c(=S)n1-c1c(Cl)cccc1Cl. The summed E-state index contributed by atoms with van der Waals surface area (Å²) in [7, 11) is 0. The smallest absolute Gasteiger partial charge is 0.182 e. The number of nitrogens with one attached hydrogen (secondary N) is 1. The number of aromatic amines is 1. The van der Waals surface area contributed by atoms with Gasteiger partial charge in [-0.2, -0.15) is 0 Å². The van der Waals surface area contributed by atoms with Crippen LogP contribution in [-0.4, -0.2) is 9.55 Å². The molecule has 0 spiro atoms. The Hall–Kier alpha value is -0.770. The molecule has 0 aliphatic rings. The number of para-hydroxylation sites is 1. The third kappa shape index (κ3) is 2.35. The topological polar surface area (TPSA) is 20.7 Å². The van der Waals surface area contributed by atoms with Crippen molar-refractivity contribution in [2.75, 3.05) is 0 Å². The lowest BCUT2D eigenvalue weighted by atomic mass is 9.92. The fourth-order valence-electron chi connectivity index (χ4n) is 1.85. The van der Waals surface area contributed by atoms with Crippen LogP contribution in [0.1, 0.15) is 26.5 Å². The first-order valence-corrected chi connectivity index (χ1v) is 6.74. The highest BCUT2D eigenvalue weighted by Crippen LogP contribution is 2.33. The molecule has 0 aliphatic carbocycles. The predicted molar refractivity (Wildman–Crippen MR) is 79.7 cm³/mol. The van der Waals surface area contributed by atoms with E-state index in [4.69, 9.17) is 35.4 Å². The van der Waals surface area contributed by atoms with E-state index in [0.717, 1.165) is 11.4 Å². The molecule has 18 heavy (non-hydrogen) atoms. The minimum Gasteiger partial charge on any atom is -0.337 e. The van der Waals surface area contributed by atoms with E-state index in [2.05, 4.69) is 25.8 Å². The molecule has 0 aliphatic heterocycles. The first-order valence-electron chi connectivity index (χ1n) is 5.57. The number of halogens is 2. The van der Waals surface area contributed by atoms with Crippen LogP contribution in [0.4, 0.5) is 0 Å². The molecule has 1 N–H and O–H groups in total. The molecule has 0 atom stereocenters. The summed E-state index contributed by atoms with van der Waals surface area (Å²) in [6.07, 6.45) is 1.90. The van der Waals surface area contributed by atoms with Crippen molar-refractivity contribution < 1.29 is 0 Å². The van der Waals surface area contributed by atoms with Gasteiger partial charge in [0.1, 0.15) is 0 Å². The van der Waals surface area contributed by atoms with Crippen molar-refractivity contribution in [1.82, 2.24) is 9.55 Å². The molecule has 0 saturated heterocycles. The zero-order chi connectivity index (χ0) is 13.5. The minimum atomic E-state index is -0.0595. The average Bonchev–Trinajstić information content (AvgIpc) is 2.60. The molecule has 5 heteroatoms. The monoisotopic (exact) mass is 300 g/mol. The average molecular weight is 301 g/mol. The third-order valence-corrected chi connectivity index (χ3v) is 3.62. The highest BCUT2D eigenvalue weighted by molar-refractivity contribution is 7.71. The van der Waals surface area contributed by atoms with Crippen LogP contribution in [0.2, 0.25) is 10.0 Å². The van der Waals surface area contributed by atoms with Gasteiger partial charge in [0.2, 0.25) is 0 Å². The molecule has 0 bridgehead atoms. The lowest BCUT2D eigenvalue weighted by Crippen LogP contribution is -2.17. The molecule has 0 unspecified atom stereocenters. The summed E-state index contributed by atoms with van der Waals surface area (Å²) in [5, 5.41) is 1.17. The summed E-state index contributed by atoms with van der Waals surface area (Å²) < 4.78 is 2.50. The Morgan fingerprint density at radius 1 is 1.17 bits per heavy atom. The van der Waals surface area contributed by atoms with Crippen LogP contribution in [0.3, 0.4) is 0 Å². The lowest BCUT2D eigenvalue weighted by molar-refractivity contribution is 0.556. The zero-order valence-electron chi connectivity index (χ0n) is 10.4. The van der Waals surface area contributed by atoms with Gasteiger partial charge in [0.15, 0.2) is 4.77 Å². The van der Waals surface area contributed by atoms with Crippen LogP contribution in [0.5, 0.6) is 0 Å². The molecular weight excluding hydrogens is 287 g/mol. The molecule has 96 valence electrons. The first kappa shape index (κ1) is 13.7. The van der Waals surface area contributed by atoms with Crippen molar-refractivity contribution in [2.45, 2.75) is 26.2 Å². The molecule has 1 aromatic carbocycles. The maximum Gasteiger partial charge on any atom is 0.182 e. The van der Waals surface area contributed by atoms with E-state index < -0.39 is 0 Å². The summed E-state index contributed by atoms with van der Waals surface area (Å²) in [5.41, 5.74) is 1.72. The Morgan fingerprint density at radius 3 is 2.22 bits per heavy atom. The number of hydrogen-bond donors (Lipinski definition) is 1. The van der Waals surface area contributed by atoms with Crippen LogP contribution in [-0.2, 0) is 5.41 Å². The molecular formula is C13H14Cl2N2S. The van der Waals surface area contributed by atoms with Crippen molar-refractivity contribution in [3.8, 4) is 5.69 Å². The summed E-state index contributed by atoms with van der Waals surface area (Å²) >= 11 is 17.8. The molecule has 0 saturated carbocycles. The Kier molecular flexibility index (Phi) is 3.58. The molecule has 2 aromatic rings. The number of hydrogen-bond acceptors (Lipinski definition) is 1. The summed E-state index contributed by atoms with van der Waals surface area (Å²) in [4.78, 5) is 3.06. The largest absolute Gasteiger partial charge is 0.337 e. The summed E-state index contributed by atoms with van der Waals surface area (Å²) in [6.45, 7) is 6.35. The third-order valence-electron chi connectivity index (χ3n) is 2.71. The quantitative estimate of drug-likeness (QED) is 0.723. The van der Waals surface area contributed by atoms with Crippen LogP contribution < -0.4 is 0 Å². The molecule has 2 rings (SSSR count). The number of imidazole rings is 1. The maximum atomic E-state index is 6.25. The summed E-state index contributed by atoms with van der Waals surface area (Å²) in [6, 6.07) is 5.44. The standard InChI is InChI=1S/C13H14Cl2N2S/c1-13(2,3)10-7-16-12(18)17(10)11-8(14)5-4-6-9(11)15/h4-7H,1-3H3,(H,16,18). The maximum absolute atomic E-state index is 6.25. The van der Waals surface area contributed by atoms with Crippen molar-refractivity contribution in [2.24, 2.45) is 0 Å². The van der Waals surface area contributed by atoms with Crippen LogP contribution in [0.25, 0.3) is 5.69 Å². The van der Waals surface area contributed by atoms with Gasteiger partial charge in [-0.05, 0) is 24.4 Å². The van der Waals surface area contributed by atoms with E-state index in [1.54, 1.807) is 0 Å². The van der Waals surface area contributed by atoms with Crippen molar-refractivity contribution in [3.63, 3.8) is 0 Å². The van der Waals surface area contributed by atoms with Crippen LogP contribution >= 0.6 is 35.4 Å². The van der Waals surface area contributed by atoms with Crippen molar-refractivity contribution in [1.29, 1.82) is 0 Å². The highest BCUT2D eigenvalue weighted by atomic mass is 35.5. The first-order chi connectivity index (χ1) is 8.32. The van der Waals surface area contributed by atoms with Gasteiger partial charge in [0.05, 0.1) is 15.7 Å². The Labute approximate surface area is 122 Å². The second-order valence-corrected chi connectivity index (χ2v) is 6.34. The second-order valence-electron chi connectivity index (χ2n) is 5.13. The van der Waals surface area contributed by atoms with Crippen molar-refractivity contribution in [3.05, 3.63) is 44.9 Å². The molecule has 0 radical (unpaired) electrons. The van der Waals surface area contributed by atoms with Gasteiger partial charge in [-0.1, -0.05) is 50.0 Å². The van der Waals surface area contributed by atoms with Crippen LogP contribution in [0.15, 0.2) is 24.4 Å². The van der Waals surface area contributed by atoms with Crippen molar-refractivity contribution >= 4 is 35.4 Å². The number of benzene rings is 1. The number of H-pyrrole nitrogens is 1. The second kappa shape index (κ2) is 4.72. The minimum absolute atomic E-state index is 0.0595. The molecule has 2 nitrogen and oxygen atoms in total. The Bertz CT molecular complexity index is 615. The van der Waals surface area contributed by atoms with E-state index in [1.165, 1.54) is 0 Å². The van der Waals surface area contributed by atoms with Gasteiger partial charge >= 0.3 is 0 Å². The van der Waals surface area contributed by atoms with Crippen LogP contribution in [0, 0.1) is 4.77 Å². The zero-order valence-corrected chi connectivity index (χ0v) is 12.7. The lowest BCUT2D eigenvalue weighted by Gasteiger charge is -2.21. The Balaban J connectivity index is 2.80. The van der Waals surface area contributed by atoms with Gasteiger partial charge in [0.25, 0.3) is 0 Å². The van der Waals surface area contributed by atoms with Gasteiger partial charge in [-0.15, -0.1) is 0 Å². The molecule has 0 amide bonds. The number of rotatable bonds is 1. The van der Waals surface area contributed by atoms with Gasteiger partial charge in [-0.3, -0.25) is 4.57 Å². The van der Waals surface area contributed by atoms with E-state index in [9.17, 15) is 0 Å². The van der Waals surface area contributed by atoms with Gasteiger partial charge in [-0.25, -0.2) is 0 Å². The van der Waals surface area contributed by atoms with E-state index in [0.29, 0.717) is 14.8 Å². The fraction of sp³-hybridized carbons (Fsp3) is 0.308. The van der Waals surface area contributed by atoms with E-state index >= 15 is 0 Å².